The summed E-state index contributed by atoms with van der Waals surface area (Å²) in [6, 6.07) is 7.54. The highest BCUT2D eigenvalue weighted by Crippen LogP contribution is 2.76. The van der Waals surface area contributed by atoms with Crippen molar-refractivity contribution in [2.45, 2.75) is 105 Å². The van der Waals surface area contributed by atoms with Gasteiger partial charge < -0.3 is 10.4 Å². The van der Waals surface area contributed by atoms with E-state index in [2.05, 4.69) is 57.8 Å². The largest absolute Gasteiger partial charge is 0.478 e. The minimum absolute atomic E-state index is 0.0128. The number of benzene rings is 1. The average molecular weight is 713 g/mol. The molecule has 8 heteroatoms. The summed E-state index contributed by atoms with van der Waals surface area (Å²) in [5, 5.41) is 13.7. The minimum Gasteiger partial charge on any atom is -0.478 e. The van der Waals surface area contributed by atoms with Crippen LogP contribution in [0.15, 0.2) is 30.3 Å². The van der Waals surface area contributed by atoms with Crippen LogP contribution in [0, 0.1) is 57.2 Å². The number of hydrogen-bond acceptors (Lipinski definition) is 5. The molecule has 1 unspecified atom stereocenters. The molecular formula is C42H65FN2O4S. The maximum Gasteiger partial charge on any atom is 0.335 e. The van der Waals surface area contributed by atoms with Gasteiger partial charge in [-0.15, -0.1) is 0 Å². The second kappa shape index (κ2) is 12.8. The van der Waals surface area contributed by atoms with Crippen LogP contribution in [0.4, 0.5) is 4.39 Å². The van der Waals surface area contributed by atoms with Crippen molar-refractivity contribution < 1.29 is 23.4 Å². The number of carboxylic acids is 1. The molecule has 5 aliphatic carbocycles. The number of aromatic carboxylic acids is 1. The SMILES string of the molecule is CC(CF)[C@@H]1CC[C@]2(NCCN3CCS(O)(O)CC3)CC[C@]3(C)[C@H](CC[C@@H]4[C@@]5(C)CC=C(c6ccc(C(=O)O)cc6)C(C)(C)[C@@H]5CC[C@]43C)[C@@H]12. The number of hydrogen-bond donors (Lipinski definition) is 4. The number of carboxylic acid groups (broad SMARTS) is 1. The summed E-state index contributed by atoms with van der Waals surface area (Å²) >= 11 is 0. The van der Waals surface area contributed by atoms with Gasteiger partial charge in [0.25, 0.3) is 0 Å². The molecule has 0 aromatic heterocycles. The molecule has 6 nitrogen and oxygen atoms in total. The van der Waals surface area contributed by atoms with Gasteiger partial charge in [-0.1, -0.05) is 59.8 Å². The first kappa shape index (κ1) is 36.9. The first-order valence-electron chi connectivity index (χ1n) is 19.8. The number of halogens is 1. The van der Waals surface area contributed by atoms with E-state index >= 15 is 0 Å². The average Bonchev–Trinajstić information content (AvgIpc) is 3.45. The molecule has 280 valence electrons. The summed E-state index contributed by atoms with van der Waals surface area (Å²) < 4.78 is 34.8. The third-order valence-electron chi connectivity index (χ3n) is 16.9. The molecule has 5 fully saturated rings. The van der Waals surface area contributed by atoms with E-state index in [0.717, 1.165) is 51.0 Å². The molecule has 0 radical (unpaired) electrons. The van der Waals surface area contributed by atoms with Crippen molar-refractivity contribution in [3.05, 3.63) is 41.5 Å². The first-order chi connectivity index (χ1) is 23.5. The smallest absolute Gasteiger partial charge is 0.335 e. The van der Waals surface area contributed by atoms with Crippen LogP contribution in [0.3, 0.4) is 0 Å². The van der Waals surface area contributed by atoms with Crippen molar-refractivity contribution in [3.63, 3.8) is 0 Å². The normalized spacial score (nSPS) is 43.4. The fraction of sp³-hybridized carbons (Fsp3) is 0.786. The number of alkyl halides is 1. The Labute approximate surface area is 302 Å². The first-order valence-corrected chi connectivity index (χ1v) is 21.7. The molecule has 4 N–H and O–H groups in total. The zero-order chi connectivity index (χ0) is 35.9. The van der Waals surface area contributed by atoms with Gasteiger partial charge in [0.1, 0.15) is 0 Å². The molecule has 1 heterocycles. The fourth-order valence-electron chi connectivity index (χ4n) is 14.0. The van der Waals surface area contributed by atoms with E-state index < -0.39 is 16.6 Å². The quantitative estimate of drug-likeness (QED) is 0.215. The standard InChI is InChI=1S/C42H65FN2O4S/c1-28(27-43)31-13-18-42(44-21-22-45-23-25-50(48,49)26-24-45)20-19-40(5)33(36(31)42)11-12-35-39(4)16-14-32(29-7-9-30(10-8-29)37(46)47)38(2,3)34(39)15-17-41(35,40)6/h7-10,14,28,31,33-36,44,48-49H,11-13,15-27H2,1-6H3,(H,46,47)/t28?,31-,33+,34-,35+,36+,39-,40+,41+,42-/m0/s1. The molecule has 50 heavy (non-hydrogen) atoms. The van der Waals surface area contributed by atoms with E-state index in [1.54, 1.807) is 12.1 Å². The van der Waals surface area contributed by atoms with Crippen LogP contribution >= 0.6 is 10.6 Å². The maximum atomic E-state index is 14.6. The lowest BCUT2D eigenvalue weighted by Gasteiger charge is -2.72. The van der Waals surface area contributed by atoms with E-state index in [1.165, 1.54) is 44.1 Å². The Hall–Kier alpha value is -1.45. The van der Waals surface area contributed by atoms with Gasteiger partial charge in [0.2, 0.25) is 0 Å². The predicted octanol–water partition coefficient (Wildman–Crippen LogP) is 9.47. The van der Waals surface area contributed by atoms with E-state index in [4.69, 9.17) is 0 Å². The highest BCUT2D eigenvalue weighted by Gasteiger charge is 2.70. The summed E-state index contributed by atoms with van der Waals surface area (Å²) in [7, 11) is -2.39. The Morgan fingerprint density at radius 3 is 2.30 bits per heavy atom. The van der Waals surface area contributed by atoms with Gasteiger partial charge in [0, 0.05) is 31.7 Å². The second-order valence-electron chi connectivity index (χ2n) is 19.1. The van der Waals surface area contributed by atoms with Crippen LogP contribution in [-0.4, -0.2) is 75.0 Å². The van der Waals surface area contributed by atoms with Crippen LogP contribution in [0.5, 0.6) is 0 Å². The van der Waals surface area contributed by atoms with Crippen molar-refractivity contribution in [1.29, 1.82) is 0 Å². The van der Waals surface area contributed by atoms with E-state index in [9.17, 15) is 23.4 Å². The van der Waals surface area contributed by atoms with Crippen LogP contribution < -0.4 is 5.32 Å². The van der Waals surface area contributed by atoms with Crippen molar-refractivity contribution in [2.75, 3.05) is 44.4 Å². The third kappa shape index (κ3) is 5.67. The van der Waals surface area contributed by atoms with Crippen LogP contribution in [0.1, 0.15) is 115 Å². The highest BCUT2D eigenvalue weighted by molar-refractivity contribution is 8.24. The monoisotopic (exact) mass is 712 g/mol. The lowest BCUT2D eigenvalue weighted by atomic mass is 9.33. The van der Waals surface area contributed by atoms with E-state index in [0.29, 0.717) is 46.7 Å². The maximum absolute atomic E-state index is 14.6. The second-order valence-corrected chi connectivity index (χ2v) is 21.5. The number of allylic oxidation sites excluding steroid dienone is 2. The van der Waals surface area contributed by atoms with Crippen molar-refractivity contribution >= 4 is 22.1 Å². The Morgan fingerprint density at radius 2 is 1.64 bits per heavy atom. The molecule has 0 bridgehead atoms. The lowest BCUT2D eigenvalue weighted by Crippen LogP contribution is -2.68. The Kier molecular flexibility index (Phi) is 9.48. The van der Waals surface area contributed by atoms with Gasteiger partial charge in [0.15, 0.2) is 0 Å². The molecule has 0 amide bonds. The van der Waals surface area contributed by atoms with Crippen molar-refractivity contribution in [3.8, 4) is 0 Å². The Morgan fingerprint density at radius 1 is 0.940 bits per heavy atom. The Bertz CT molecular complexity index is 1470. The van der Waals surface area contributed by atoms with Gasteiger partial charge in [0.05, 0.1) is 23.7 Å². The molecule has 7 rings (SSSR count). The fourth-order valence-corrected chi connectivity index (χ4v) is 15.4. The van der Waals surface area contributed by atoms with Crippen LogP contribution in [0.2, 0.25) is 0 Å². The summed E-state index contributed by atoms with van der Waals surface area (Å²) in [6.07, 6.45) is 13.2. The summed E-state index contributed by atoms with van der Waals surface area (Å²) in [5.41, 5.74) is 3.56. The Balaban J connectivity index is 1.15. The zero-order valence-electron chi connectivity index (χ0n) is 31.6. The number of nitrogens with one attached hydrogen (secondary N) is 1. The molecule has 1 saturated heterocycles. The van der Waals surface area contributed by atoms with Gasteiger partial charge in [-0.2, -0.15) is 10.6 Å². The number of rotatable bonds is 8. The topological polar surface area (TPSA) is 93.0 Å². The molecule has 0 spiro atoms. The molecule has 6 aliphatic rings. The number of carbonyl (C=O) groups is 1. The molecule has 10 atom stereocenters. The number of nitrogens with zero attached hydrogens (tertiary/aromatic N) is 1. The molecule has 1 aromatic carbocycles. The van der Waals surface area contributed by atoms with E-state index in [-0.39, 0.29) is 39.8 Å². The zero-order valence-corrected chi connectivity index (χ0v) is 32.5. The summed E-state index contributed by atoms with van der Waals surface area (Å²) in [5.74, 6) is 2.87. The van der Waals surface area contributed by atoms with Crippen LogP contribution in [0.25, 0.3) is 5.57 Å². The van der Waals surface area contributed by atoms with Gasteiger partial charge in [-0.3, -0.25) is 18.4 Å². The molecule has 1 aromatic rings. The highest BCUT2D eigenvalue weighted by atomic mass is 32.3. The summed E-state index contributed by atoms with van der Waals surface area (Å²) in [4.78, 5) is 13.9. The molecule has 4 saturated carbocycles. The summed E-state index contributed by atoms with van der Waals surface area (Å²) in [6.45, 7) is 18.1. The third-order valence-corrected chi connectivity index (χ3v) is 18.5. The predicted molar refractivity (Wildman–Crippen MR) is 203 cm³/mol. The van der Waals surface area contributed by atoms with Gasteiger partial charge >= 0.3 is 5.97 Å². The lowest BCUT2D eigenvalue weighted by molar-refractivity contribution is -0.221. The van der Waals surface area contributed by atoms with Gasteiger partial charge in [-0.25, -0.2) is 4.79 Å². The van der Waals surface area contributed by atoms with Crippen LogP contribution in [-0.2, 0) is 0 Å². The molecule has 1 aliphatic heterocycles. The minimum atomic E-state index is -2.39. The van der Waals surface area contributed by atoms with Crippen molar-refractivity contribution in [2.24, 2.45) is 57.2 Å². The van der Waals surface area contributed by atoms with E-state index in [1.807, 2.05) is 12.1 Å². The molecular weight excluding hydrogens is 648 g/mol. The number of fused-ring (bicyclic) bond motifs is 7. The van der Waals surface area contributed by atoms with Crippen molar-refractivity contribution in [1.82, 2.24) is 10.2 Å². The van der Waals surface area contributed by atoms with Gasteiger partial charge in [-0.05, 0) is 138 Å².